The molecule has 0 spiro atoms. The predicted molar refractivity (Wildman–Crippen MR) is 550 cm³/mol. The van der Waals surface area contributed by atoms with Crippen molar-refractivity contribution >= 4 is 47.1 Å². The lowest BCUT2D eigenvalue weighted by molar-refractivity contribution is 0.0419. The molecule has 148 heavy (non-hydrogen) atoms. The Labute approximate surface area is 861 Å². The van der Waals surface area contributed by atoms with E-state index in [2.05, 4.69) is 75.2 Å². The van der Waals surface area contributed by atoms with E-state index in [0.717, 1.165) is 130 Å². The number of likely N-dealkylation sites (tertiary alicyclic amines) is 2. The summed E-state index contributed by atoms with van der Waals surface area (Å²) in [6.45, 7) is 27.0. The lowest BCUT2D eigenvalue weighted by Gasteiger charge is -2.29. The van der Waals surface area contributed by atoms with E-state index in [-0.39, 0.29) is 96.6 Å². The Balaban J connectivity index is 0.000000176. The molecule has 15 rings (SSSR count). The van der Waals surface area contributed by atoms with Crippen molar-refractivity contribution in [2.24, 2.45) is 17.8 Å². The molecular formula is C115H142F8N12O13. The number of carbonyl (C=O) groups excluding carboxylic acids is 8. The minimum atomic E-state index is -1.09. The van der Waals surface area contributed by atoms with Gasteiger partial charge in [-0.05, 0) is 322 Å². The summed E-state index contributed by atoms with van der Waals surface area (Å²) in [6.07, 6.45) is 8.70. The van der Waals surface area contributed by atoms with Gasteiger partial charge in [0, 0.05) is 139 Å². The van der Waals surface area contributed by atoms with Gasteiger partial charge in [-0.15, -0.1) is 0 Å². The molecule has 9 aromatic rings. The molecule has 0 unspecified atom stereocenters. The second-order valence-corrected chi connectivity index (χ2v) is 40.9. The highest BCUT2D eigenvalue weighted by molar-refractivity contribution is 6.03. The molecule has 7 heterocycles. The van der Waals surface area contributed by atoms with Crippen molar-refractivity contribution in [1.82, 2.24) is 62.2 Å². The fourth-order valence-corrected chi connectivity index (χ4v) is 20.9. The number of rotatable bonds is 37. The van der Waals surface area contributed by atoms with Gasteiger partial charge in [-0.25, -0.2) is 35.1 Å². The fourth-order valence-electron chi connectivity index (χ4n) is 20.9. The minimum Gasteiger partial charge on any atom is -0.389 e. The van der Waals surface area contributed by atoms with Crippen LogP contribution in [0.15, 0.2) is 176 Å². The highest BCUT2D eigenvalue weighted by Crippen LogP contribution is 2.31. The van der Waals surface area contributed by atoms with E-state index in [1.807, 2.05) is 74.8 Å². The Morgan fingerprint density at radius 3 is 1.05 bits per heavy atom. The normalized spacial score (nSPS) is 21.0. The van der Waals surface area contributed by atoms with Crippen LogP contribution < -0.4 is 42.5 Å². The van der Waals surface area contributed by atoms with E-state index in [9.17, 15) is 93.9 Å². The largest absolute Gasteiger partial charge is 0.389 e. The molecule has 6 saturated heterocycles. The number of amides is 7. The SMILES string of the molecule is CC(=O)c1cc(C)cc(C(=O)N[C@@H](Cc2cc(F)cc(F)c2)[C@H](O)[C@H]2C[C@@H](C)CN2)c1.CCCN(CCC)C(=O)c1cc(C)cc(C(=O)N[C@@H](Cc2cc(F)cc(F)c2)[C@H](O)[C@H]2C[C@@H](OCc3ccccc3)CN2)c1.CC[C@H]1CCCN1C(=O)c1cc(C)cc(C(=O)N[C@@H](Cc2cc(F)cc(F)c2)[C@H](O)[C@H]2C[C@@H](C)CN2)c1.CC[C@H]1CCCN1C(=O)c1cncc(C(=O)N[C@@H](Cc2cc(F)cc(F)c2)[C@H](O)[C@H]2C[C@@H](C)CN2)c1. The summed E-state index contributed by atoms with van der Waals surface area (Å²) in [6, 6.07) is 34.9. The molecule has 8 aromatic carbocycles. The van der Waals surface area contributed by atoms with Crippen molar-refractivity contribution in [3.63, 3.8) is 0 Å². The first kappa shape index (κ1) is 115. The van der Waals surface area contributed by atoms with Gasteiger partial charge in [-0.1, -0.05) is 78.8 Å². The predicted octanol–water partition coefficient (Wildman–Crippen LogP) is 15.4. The Morgan fingerprint density at radius 2 is 0.703 bits per heavy atom. The van der Waals surface area contributed by atoms with Crippen LogP contribution in [0.4, 0.5) is 35.1 Å². The number of aryl methyl sites for hydroxylation is 3. The second kappa shape index (κ2) is 54.4. The Kier molecular flexibility index (Phi) is 42.2. The Hall–Kier alpha value is -12.1. The maximum absolute atomic E-state index is 14.1. The van der Waals surface area contributed by atoms with Crippen LogP contribution in [0.5, 0.6) is 0 Å². The van der Waals surface area contributed by atoms with Crippen molar-refractivity contribution in [2.75, 3.05) is 52.4 Å². The number of carbonyl (C=O) groups is 8. The summed E-state index contributed by atoms with van der Waals surface area (Å²) in [7, 11) is 0. The number of nitrogens with zero attached hydrogens (tertiary/aromatic N) is 4. The molecule has 6 aliphatic heterocycles. The molecule has 0 saturated carbocycles. The van der Waals surface area contributed by atoms with Crippen LogP contribution in [0.25, 0.3) is 0 Å². The van der Waals surface area contributed by atoms with E-state index < -0.39 is 125 Å². The lowest BCUT2D eigenvalue weighted by Crippen LogP contribution is -2.52. The first-order valence-electron chi connectivity index (χ1n) is 51.7. The molecular weight excluding hydrogens is 1910 g/mol. The molecule has 6 aliphatic rings. The molecule has 18 atom stereocenters. The van der Waals surface area contributed by atoms with E-state index in [0.29, 0.717) is 126 Å². The van der Waals surface area contributed by atoms with Crippen LogP contribution in [-0.4, -0.2) is 231 Å². The second-order valence-electron chi connectivity index (χ2n) is 40.9. The van der Waals surface area contributed by atoms with Crippen LogP contribution >= 0.6 is 0 Å². The third-order valence-corrected chi connectivity index (χ3v) is 28.3. The molecule has 6 fully saturated rings. The summed E-state index contributed by atoms with van der Waals surface area (Å²) < 4.78 is 117. The fraction of sp³-hybridized carbons (Fsp3) is 0.470. The third kappa shape index (κ3) is 32.7. The maximum Gasteiger partial charge on any atom is 0.255 e. The number of aliphatic hydroxyl groups excluding tert-OH is 4. The highest BCUT2D eigenvalue weighted by Gasteiger charge is 2.41. The van der Waals surface area contributed by atoms with Crippen molar-refractivity contribution in [3.8, 4) is 0 Å². The first-order chi connectivity index (χ1) is 70.7. The Bertz CT molecular complexity index is 5970. The standard InChI is InChI=1S/C35H43F2N3O4.C29H37F2N3O3.C27H34F2N4O3.C24H28F2N2O3/c1-4-11-40(12-5-2)35(43)27-14-23(3)13-26(18-27)34(42)39-32(17-25-15-28(36)19-29(37)16-25)33(41)31-20-30(21-38-31)44-22-24-9-7-6-8-10-24;1-4-24-6-5-7-34(24)29(37)21-9-17(2)8-20(14-21)28(36)33-26(27(35)25-10-18(3)16-32-25)13-19-11-22(30)15-23(31)12-19;1-3-22-5-4-6-33(22)27(36)19-11-18(14-30-15-19)26(35)32-24(25(34)23-7-16(2)13-31-23)10-17-8-20(28)12-21(29)9-17;1-13-4-17(15(3)29)10-18(5-13)24(31)28-22(23(30)21-6-14(2)12-27-21)9-16-7-19(25)11-20(26)8-16/h6-10,13-16,18-19,30-33,38,41H,4-5,11-12,17,20-22H2,1-3H3,(H,39,42);8-9,11-12,14-15,18,24-27,32,35H,4-7,10,13,16H2,1-3H3,(H,33,36);8-9,11-12,14-16,22-25,31,34H,3-7,10,13H2,1-2H3,(H,32,35);4-5,7-8,10-11,14,21-23,27,30H,6,9,12H2,1-3H3,(H,28,31)/t30-,31-,32+,33-;18-,24+,25-,26+,27-;16-,22+,23-,24+,25-;14-,21-,22+,23-/m1111/s1. The monoisotopic (exact) mass is 2050 g/mol. The van der Waals surface area contributed by atoms with Crippen LogP contribution in [-0.2, 0) is 37.0 Å². The number of ether oxygens (including phenoxy) is 1. The van der Waals surface area contributed by atoms with E-state index in [4.69, 9.17) is 4.74 Å². The number of nitrogens with one attached hydrogen (secondary N) is 8. The van der Waals surface area contributed by atoms with Crippen LogP contribution in [0.3, 0.4) is 0 Å². The van der Waals surface area contributed by atoms with Crippen molar-refractivity contribution < 1.29 is 98.6 Å². The van der Waals surface area contributed by atoms with Gasteiger partial charge in [0.05, 0.1) is 72.4 Å². The number of aliphatic hydroxyl groups is 4. The zero-order valence-corrected chi connectivity index (χ0v) is 86.1. The molecule has 12 N–H and O–H groups in total. The van der Waals surface area contributed by atoms with Gasteiger partial charge in [0.1, 0.15) is 46.5 Å². The van der Waals surface area contributed by atoms with Gasteiger partial charge in [-0.3, -0.25) is 43.3 Å². The molecule has 7 amide bonds. The number of Topliss-reactive ketones (excluding diaryl/α,β-unsaturated/α-hetero) is 1. The number of benzene rings is 8. The summed E-state index contributed by atoms with van der Waals surface area (Å²) in [5.41, 5.74) is 7.30. The number of pyridine rings is 1. The lowest BCUT2D eigenvalue weighted by atomic mass is 9.93. The molecule has 0 radical (unpaired) electrons. The van der Waals surface area contributed by atoms with Crippen LogP contribution in [0, 0.1) is 85.1 Å². The quantitative estimate of drug-likeness (QED) is 0.0127. The Morgan fingerprint density at radius 1 is 0.392 bits per heavy atom. The van der Waals surface area contributed by atoms with Gasteiger partial charge < -0.3 is 82.4 Å². The molecule has 0 bridgehead atoms. The van der Waals surface area contributed by atoms with Crippen molar-refractivity contribution in [3.05, 3.63) is 312 Å². The minimum absolute atomic E-state index is 0.00626. The molecule has 1 aromatic heterocycles. The number of aromatic nitrogens is 1. The molecule has 25 nitrogen and oxygen atoms in total. The average Bonchev–Trinajstić information content (AvgIpc) is 1.76. The van der Waals surface area contributed by atoms with Gasteiger partial charge >= 0.3 is 0 Å². The molecule has 796 valence electrons. The van der Waals surface area contributed by atoms with Crippen molar-refractivity contribution in [2.45, 2.75) is 276 Å². The van der Waals surface area contributed by atoms with Gasteiger partial charge in [0.15, 0.2) is 5.78 Å². The summed E-state index contributed by atoms with van der Waals surface area (Å²) in [5.74, 6) is -7.13. The number of hydrogen-bond donors (Lipinski definition) is 12. The molecule has 33 heteroatoms. The summed E-state index contributed by atoms with van der Waals surface area (Å²) >= 11 is 0. The first-order valence-corrected chi connectivity index (χ1v) is 51.7. The number of ketones is 1. The number of hydrogen-bond acceptors (Lipinski definition) is 18. The summed E-state index contributed by atoms with van der Waals surface area (Å²) in [5, 5.41) is 69.4. The van der Waals surface area contributed by atoms with E-state index in [1.54, 1.807) is 60.4 Å². The van der Waals surface area contributed by atoms with Gasteiger partial charge in [-0.2, -0.15) is 0 Å². The zero-order chi connectivity index (χ0) is 107. The van der Waals surface area contributed by atoms with Crippen molar-refractivity contribution in [1.29, 1.82) is 0 Å². The number of halogens is 8. The summed E-state index contributed by atoms with van der Waals surface area (Å²) in [4.78, 5) is 114. The topological polar surface area (TPSA) is 346 Å². The highest BCUT2D eigenvalue weighted by atomic mass is 19.2. The smallest absolute Gasteiger partial charge is 0.255 e. The van der Waals surface area contributed by atoms with E-state index in [1.165, 1.54) is 80.0 Å². The van der Waals surface area contributed by atoms with E-state index >= 15 is 0 Å². The molecule has 0 aliphatic carbocycles. The third-order valence-electron chi connectivity index (χ3n) is 28.3. The van der Waals surface area contributed by atoms with Crippen LogP contribution in [0.1, 0.15) is 260 Å². The van der Waals surface area contributed by atoms with Gasteiger partial charge in [0.25, 0.3) is 41.4 Å². The van der Waals surface area contributed by atoms with Crippen LogP contribution in [0.2, 0.25) is 0 Å². The van der Waals surface area contributed by atoms with Gasteiger partial charge in [0.2, 0.25) is 0 Å². The zero-order valence-electron chi connectivity index (χ0n) is 86.1. The average molecular weight is 2050 g/mol. The maximum atomic E-state index is 14.1.